The van der Waals surface area contributed by atoms with Crippen LogP contribution < -0.4 is 36.6 Å². The van der Waals surface area contributed by atoms with Crippen molar-refractivity contribution in [2.45, 2.75) is 135 Å². The molecule has 698 valence electrons. The smallest absolute Gasteiger partial charge is 1.00 e. The first kappa shape index (κ1) is 105. The van der Waals surface area contributed by atoms with Crippen molar-refractivity contribution >= 4 is 217 Å². The Balaban J connectivity index is 0.000000153. The van der Waals surface area contributed by atoms with Crippen molar-refractivity contribution in [1.29, 1.82) is 0 Å². The first-order valence-corrected chi connectivity index (χ1v) is 49.8. The number of hydrogen-bond acceptors (Lipinski definition) is 13. The number of nitrogens with zero attached hydrogens (tertiary/aromatic N) is 3. The fourth-order valence-electron chi connectivity index (χ4n) is 20.2. The first-order valence-electron chi connectivity index (χ1n) is 44.7. The van der Waals surface area contributed by atoms with Crippen LogP contribution in [0.1, 0.15) is 190 Å². The average molecular weight is 2240 g/mol. The Hall–Kier alpha value is -9.55. The van der Waals surface area contributed by atoms with Crippen LogP contribution >= 0.6 is 87.9 Å². The summed E-state index contributed by atoms with van der Waals surface area (Å²) in [4.78, 5) is 40.7. The van der Waals surface area contributed by atoms with E-state index in [1.807, 2.05) is 56.3 Å². The number of anilines is 9. The van der Waals surface area contributed by atoms with Crippen LogP contribution in [0, 0.1) is 7.43 Å². The normalized spacial score (nSPS) is 14.8. The monoisotopic (exact) mass is 2230 g/mol. The molecular weight excluding hydrogens is 2130 g/mol. The second-order valence-corrected chi connectivity index (χ2v) is 42.6. The van der Waals surface area contributed by atoms with Gasteiger partial charge in [0.05, 0.1) is 70.8 Å². The molecule has 0 spiro atoms. The molecule has 5 aliphatic heterocycles. The predicted molar refractivity (Wildman–Crippen MR) is 578 cm³/mol. The number of benzene rings is 16. The van der Waals surface area contributed by atoms with Gasteiger partial charge in [0.1, 0.15) is 0 Å². The van der Waals surface area contributed by atoms with Gasteiger partial charge in [0.2, 0.25) is 0 Å². The SMILES string of the molecule is Brc1ccc2cc(Br)ccc2c1.C1CCOC1.CC(C)(O)c1cccc2c1N(c1ccc3cc(Br)ccc3c1)c1ccccc1C2(C)C.CC1(C)c2ccccc2N2c3ccc4cc(Br)ccc4c3C(C)(C)c3cccc1c32.COC(=O)c1cccc2c1Cc1ccccc1C2(C)C.COC(=O)c1cccc2c1N(c1ccc3cc(Br)ccc3c1)c1ccccc1C2(C)C.O=[P+]([O-])OO.[Br-].[CH3-].[HH].[Mg+2]. The van der Waals surface area contributed by atoms with Gasteiger partial charge in [0, 0.05) is 85.7 Å². The van der Waals surface area contributed by atoms with Crippen LogP contribution in [0.4, 0.5) is 51.2 Å². The van der Waals surface area contributed by atoms with E-state index in [0.29, 0.717) is 11.1 Å². The summed E-state index contributed by atoms with van der Waals surface area (Å²) in [5.41, 5.74) is 26.3. The molecule has 1 saturated heterocycles. The number of methoxy groups -OCH3 is 2. The van der Waals surface area contributed by atoms with Gasteiger partial charge >= 0.3 is 43.2 Å². The maximum Gasteiger partial charge on any atom is 2.00 e. The van der Waals surface area contributed by atoms with Crippen molar-refractivity contribution in [1.82, 2.24) is 0 Å². The number of fused-ring (bicyclic) bond motifs is 15. The van der Waals surface area contributed by atoms with Crippen LogP contribution in [0.5, 0.6) is 0 Å². The van der Waals surface area contributed by atoms with Gasteiger partial charge < -0.3 is 63.3 Å². The minimum atomic E-state index is -3.04. The van der Waals surface area contributed by atoms with Crippen LogP contribution in [0.2, 0.25) is 0 Å². The molecule has 0 radical (unpaired) electrons. The van der Waals surface area contributed by atoms with Crippen LogP contribution in [0.15, 0.2) is 332 Å². The summed E-state index contributed by atoms with van der Waals surface area (Å²) in [6.07, 6.45) is 3.35. The fourth-order valence-corrected chi connectivity index (χ4v) is 22.1. The van der Waals surface area contributed by atoms with Gasteiger partial charge in [-0.25, -0.2) is 14.8 Å². The molecule has 0 bridgehead atoms. The molecule has 21 heteroatoms. The van der Waals surface area contributed by atoms with Crippen LogP contribution in [-0.4, -0.2) is 72.8 Å². The number of halogens is 6. The average Bonchev–Trinajstić information content (AvgIpc) is 0.703. The Morgan fingerprint density at radius 2 is 0.730 bits per heavy atom. The second-order valence-electron chi connectivity index (χ2n) is 37.4. The van der Waals surface area contributed by atoms with E-state index in [2.05, 4.69) is 435 Å². The van der Waals surface area contributed by atoms with Crippen LogP contribution in [0.25, 0.3) is 43.1 Å². The quantitative estimate of drug-likeness (QED) is 0.0404. The summed E-state index contributed by atoms with van der Waals surface area (Å²) in [5.74, 6) is -0.584. The molecule has 1 unspecified atom stereocenters. The van der Waals surface area contributed by atoms with Gasteiger partial charge in [-0.2, -0.15) is 0 Å². The molecule has 22 rings (SSSR count). The Morgan fingerprint density at radius 3 is 1.18 bits per heavy atom. The van der Waals surface area contributed by atoms with Gasteiger partial charge in [-0.1, -0.05) is 337 Å². The molecule has 0 amide bonds. The molecule has 1 aliphatic carbocycles. The summed E-state index contributed by atoms with van der Waals surface area (Å²) in [5, 5.41) is 27.9. The molecule has 1 atom stereocenters. The van der Waals surface area contributed by atoms with E-state index in [0.717, 1.165) is 104 Å². The minimum Gasteiger partial charge on any atom is -1.00 e. The van der Waals surface area contributed by atoms with Gasteiger partial charge in [-0.05, 0) is 269 Å². The predicted octanol–water partition coefficient (Wildman–Crippen LogP) is 29.5. The van der Waals surface area contributed by atoms with Crippen molar-refractivity contribution in [2.75, 3.05) is 42.1 Å². The van der Waals surface area contributed by atoms with E-state index in [9.17, 15) is 14.7 Å². The minimum absolute atomic E-state index is 0. The van der Waals surface area contributed by atoms with Gasteiger partial charge in [-0.15, -0.1) is 0 Å². The molecule has 5 heterocycles. The third-order valence-electron chi connectivity index (χ3n) is 26.9. The van der Waals surface area contributed by atoms with Crippen LogP contribution in [0.3, 0.4) is 0 Å². The maximum atomic E-state index is 12.8. The molecule has 1 fully saturated rings. The standard InChI is InChI=1S/C28H26BrNO.C28H24BrN.C27H22BrNO2.C18H18O2.C10H6Br2.C4H8O.CH3.BrH.Mg.HO4P.H2/c1-27(2)22-8-5-6-11-25(22)30(26-23(27)9-7-10-24(26)28(3,4)31)21-15-13-18-16-20(29)14-12-19(18)17-21;1-27(2)20-8-5-6-11-23(20)30-24-15-12-17-16-18(29)13-14-19(17)25(24)28(3,4)22-10-7-9-21(27)26(22)30;1-27(2)22-8-4-5-10-24(22)29(25-21(26(30)31-3)7-6-9-23(25)27)20-14-12-17-15-19(28)13-11-18(17)16-20;1-18(2)15-9-5-4-7-12(15)11-14-13(17(19)20-3)8-6-10-16(14)18;11-9-3-1-7-5-10(12)4-2-8(7)6-9;1-2-4-5-3-1;;;;1-4-5(2)3;/h5-17,31H,1-4H3;5-16H,1-4H3;4-16H,1-3H3;4-10H,11H2,1-3H3;1-6H;1-4H2;1H3;1H;;1H;1H/q;;;;;;-1;;+2;;/p-1. The molecule has 0 saturated carbocycles. The molecule has 13 nitrogen and oxygen atoms in total. The molecule has 2 N–H and O–H groups in total. The largest absolute Gasteiger partial charge is 2.00 e. The fraction of sp³-hybridized carbons (Fsp3) is 0.216. The Bertz CT molecular complexity index is 7230. The number of aliphatic hydroxyl groups is 1. The topological polar surface area (TPSA) is 161 Å². The third-order valence-corrected chi connectivity index (χ3v) is 29.5. The van der Waals surface area contributed by atoms with Crippen molar-refractivity contribution < 1.29 is 66.7 Å². The molecule has 16 aromatic carbocycles. The van der Waals surface area contributed by atoms with Crippen molar-refractivity contribution in [3.8, 4) is 0 Å². The van der Waals surface area contributed by atoms with Gasteiger partial charge in [0.15, 0.2) is 0 Å². The van der Waals surface area contributed by atoms with E-state index in [1.54, 1.807) is 0 Å². The summed E-state index contributed by atoms with van der Waals surface area (Å²) in [6.45, 7) is 28.6. The molecule has 16 aromatic rings. The second kappa shape index (κ2) is 42.9. The summed E-state index contributed by atoms with van der Waals surface area (Å²) in [6, 6.07) is 109. The zero-order valence-electron chi connectivity index (χ0n) is 79.4. The maximum absolute atomic E-state index is 12.8. The van der Waals surface area contributed by atoms with Crippen molar-refractivity contribution in [3.63, 3.8) is 0 Å². The van der Waals surface area contributed by atoms with E-state index >= 15 is 0 Å². The summed E-state index contributed by atoms with van der Waals surface area (Å²) in [7, 11) is -0.176. The Morgan fingerprint density at radius 1 is 0.394 bits per heavy atom. The van der Waals surface area contributed by atoms with Crippen LogP contribution in [-0.2, 0) is 62.5 Å². The number of esters is 2. The summed E-state index contributed by atoms with van der Waals surface area (Å²) >= 11 is 17.7. The Kier molecular flexibility index (Phi) is 32.8. The number of para-hydroxylation sites is 6. The number of hydrogen-bond donors (Lipinski definition) is 2. The van der Waals surface area contributed by atoms with Gasteiger partial charge in [0.25, 0.3) is 0 Å². The van der Waals surface area contributed by atoms with E-state index < -0.39 is 13.9 Å². The molecule has 6 aliphatic rings. The third kappa shape index (κ3) is 20.7. The first-order chi connectivity index (χ1) is 64.0. The van der Waals surface area contributed by atoms with Crippen molar-refractivity contribution in [2.24, 2.45) is 0 Å². The molecular formula is C116H110Br6MgN3O10P. The van der Waals surface area contributed by atoms with E-state index in [4.69, 9.17) is 28.9 Å². The zero-order valence-corrected chi connectivity index (χ0v) is 91.2. The summed E-state index contributed by atoms with van der Waals surface area (Å²) < 4.78 is 32.2. The zero-order chi connectivity index (χ0) is 95.3. The van der Waals surface area contributed by atoms with E-state index in [-0.39, 0.29) is 87.9 Å². The Labute approximate surface area is 875 Å². The van der Waals surface area contributed by atoms with E-state index in [1.165, 1.54) is 132 Å². The number of ether oxygens (including phenoxy) is 3. The molecule has 137 heavy (non-hydrogen) atoms. The van der Waals surface area contributed by atoms with Crippen molar-refractivity contribution in [3.05, 3.63) is 423 Å². The number of rotatable bonds is 6. The number of carbonyl (C=O) groups excluding carboxylic acids is 2. The molecule has 0 aromatic heterocycles. The number of carbonyl (C=O) groups is 2. The van der Waals surface area contributed by atoms with Gasteiger partial charge in [-0.3, -0.25) is 0 Å².